The van der Waals surface area contributed by atoms with E-state index in [0.29, 0.717) is 36.1 Å². The number of hydrogen-bond acceptors (Lipinski definition) is 4. The summed E-state index contributed by atoms with van der Waals surface area (Å²) < 4.78 is 0. The van der Waals surface area contributed by atoms with Gasteiger partial charge in [-0.1, -0.05) is 29.3 Å². The molecule has 0 aromatic heterocycles. The van der Waals surface area contributed by atoms with Gasteiger partial charge in [-0.2, -0.15) is 0 Å². The molecule has 0 radical (unpaired) electrons. The predicted molar refractivity (Wildman–Crippen MR) is 115 cm³/mol. The number of amides is 2. The number of nitrogens with zero attached hydrogens (tertiary/aromatic N) is 3. The normalized spacial score (nSPS) is 22.3. The van der Waals surface area contributed by atoms with E-state index in [1.54, 1.807) is 29.2 Å². The highest BCUT2D eigenvalue weighted by Gasteiger charge is 2.34. The summed E-state index contributed by atoms with van der Waals surface area (Å²) in [6.07, 6.45) is 5.41. The Morgan fingerprint density at radius 1 is 1.24 bits per heavy atom. The second-order valence-corrected chi connectivity index (χ2v) is 8.33. The largest absolute Gasteiger partial charge is 0.395 e. The Hall–Kier alpha value is -1.60. The fraction of sp³-hybridized carbons (Fsp3) is 0.524. The lowest BCUT2D eigenvalue weighted by Gasteiger charge is -2.37. The van der Waals surface area contributed by atoms with Crippen LogP contribution in [0.5, 0.6) is 0 Å². The van der Waals surface area contributed by atoms with Crippen LogP contribution >= 0.6 is 23.2 Å². The van der Waals surface area contributed by atoms with Crippen LogP contribution < -0.4 is 0 Å². The summed E-state index contributed by atoms with van der Waals surface area (Å²) in [5.74, 6) is -0.0855. The number of rotatable bonds is 5. The monoisotopic (exact) mass is 439 g/mol. The number of halogens is 2. The molecule has 6 nitrogen and oxygen atoms in total. The van der Waals surface area contributed by atoms with Gasteiger partial charge in [-0.15, -0.1) is 0 Å². The molecule has 3 rings (SSSR count). The van der Waals surface area contributed by atoms with Crippen LogP contribution in [0.2, 0.25) is 10.0 Å². The summed E-state index contributed by atoms with van der Waals surface area (Å²) in [5.41, 5.74) is 0.790. The molecular weight excluding hydrogens is 413 g/mol. The second kappa shape index (κ2) is 9.94. The fourth-order valence-corrected chi connectivity index (χ4v) is 4.38. The van der Waals surface area contributed by atoms with Crippen molar-refractivity contribution >= 4 is 41.1 Å². The van der Waals surface area contributed by atoms with Crippen LogP contribution in [-0.4, -0.2) is 76.6 Å². The number of likely N-dealkylation sites (tertiary alicyclic amines) is 1. The van der Waals surface area contributed by atoms with Crippen molar-refractivity contribution in [1.82, 2.24) is 14.7 Å². The molecule has 0 unspecified atom stereocenters. The van der Waals surface area contributed by atoms with Gasteiger partial charge in [-0.25, -0.2) is 0 Å². The van der Waals surface area contributed by atoms with Crippen LogP contribution in [-0.2, 0) is 9.59 Å². The van der Waals surface area contributed by atoms with Gasteiger partial charge in [-0.3, -0.25) is 14.5 Å². The number of hydrogen-bond donors (Lipinski definition) is 1. The molecule has 2 amide bonds. The van der Waals surface area contributed by atoms with Crippen molar-refractivity contribution in [2.45, 2.75) is 38.4 Å². The molecule has 1 aromatic carbocycles. The summed E-state index contributed by atoms with van der Waals surface area (Å²) in [6, 6.07) is 5.29. The summed E-state index contributed by atoms with van der Waals surface area (Å²) in [7, 11) is 0. The van der Waals surface area contributed by atoms with Crippen LogP contribution in [0, 0.1) is 0 Å². The lowest BCUT2D eigenvalue weighted by atomic mass is 10.2. The van der Waals surface area contributed by atoms with Gasteiger partial charge in [0.15, 0.2) is 0 Å². The van der Waals surface area contributed by atoms with Gasteiger partial charge >= 0.3 is 0 Å². The van der Waals surface area contributed by atoms with E-state index in [-0.39, 0.29) is 30.6 Å². The van der Waals surface area contributed by atoms with E-state index in [0.717, 1.165) is 24.9 Å². The Bertz CT molecular complexity index is 786. The minimum atomic E-state index is -0.132. The summed E-state index contributed by atoms with van der Waals surface area (Å²) in [4.78, 5) is 31.0. The molecule has 0 spiro atoms. The molecule has 29 heavy (non-hydrogen) atoms. The minimum Gasteiger partial charge on any atom is -0.395 e. The summed E-state index contributed by atoms with van der Waals surface area (Å²) in [5, 5.41) is 10.5. The molecule has 2 aliphatic heterocycles. The Kier molecular flexibility index (Phi) is 7.57. The maximum absolute atomic E-state index is 12.7. The van der Waals surface area contributed by atoms with E-state index in [4.69, 9.17) is 23.2 Å². The first-order valence-corrected chi connectivity index (χ1v) is 10.7. The molecule has 2 heterocycles. The zero-order chi connectivity index (χ0) is 21.0. The van der Waals surface area contributed by atoms with E-state index in [9.17, 15) is 14.7 Å². The third kappa shape index (κ3) is 5.31. The first kappa shape index (κ1) is 22.1. The lowest BCUT2D eigenvalue weighted by molar-refractivity contribution is -0.136. The molecule has 2 fully saturated rings. The highest BCUT2D eigenvalue weighted by molar-refractivity contribution is 6.42. The van der Waals surface area contributed by atoms with E-state index >= 15 is 0 Å². The van der Waals surface area contributed by atoms with Crippen molar-refractivity contribution < 1.29 is 14.7 Å². The minimum absolute atomic E-state index is 0.0462. The molecule has 0 saturated carbocycles. The van der Waals surface area contributed by atoms with Crippen molar-refractivity contribution in [3.05, 3.63) is 39.9 Å². The number of carbonyl (C=O) groups is 2. The molecule has 1 aromatic rings. The number of aliphatic hydroxyl groups excluding tert-OH is 1. The highest BCUT2D eigenvalue weighted by atomic mass is 35.5. The predicted octanol–water partition coefficient (Wildman–Crippen LogP) is 2.87. The zero-order valence-electron chi connectivity index (χ0n) is 16.6. The van der Waals surface area contributed by atoms with Gasteiger partial charge in [0, 0.05) is 44.7 Å². The van der Waals surface area contributed by atoms with Crippen LogP contribution in [0.1, 0.15) is 31.7 Å². The Labute approximate surface area is 181 Å². The lowest BCUT2D eigenvalue weighted by Crippen LogP contribution is -2.52. The van der Waals surface area contributed by atoms with E-state index in [1.807, 2.05) is 11.8 Å². The van der Waals surface area contributed by atoms with E-state index in [1.165, 1.54) is 6.08 Å². The molecule has 2 aliphatic rings. The second-order valence-electron chi connectivity index (χ2n) is 7.52. The van der Waals surface area contributed by atoms with Crippen molar-refractivity contribution in [2.75, 3.05) is 32.8 Å². The maximum atomic E-state index is 12.7. The van der Waals surface area contributed by atoms with Crippen molar-refractivity contribution in [2.24, 2.45) is 0 Å². The van der Waals surface area contributed by atoms with Gasteiger partial charge < -0.3 is 14.9 Å². The van der Waals surface area contributed by atoms with Crippen LogP contribution in [0.4, 0.5) is 0 Å². The Morgan fingerprint density at radius 3 is 2.76 bits per heavy atom. The molecular formula is C21H27Cl2N3O3. The summed E-state index contributed by atoms with van der Waals surface area (Å²) >= 11 is 11.9. The van der Waals surface area contributed by atoms with Gasteiger partial charge in [0.25, 0.3) is 0 Å². The van der Waals surface area contributed by atoms with Crippen molar-refractivity contribution in [3.8, 4) is 0 Å². The van der Waals surface area contributed by atoms with Gasteiger partial charge in [0.05, 0.1) is 22.8 Å². The molecule has 158 valence electrons. The average Bonchev–Trinajstić information content (AvgIpc) is 3.11. The Balaban J connectivity index is 1.62. The van der Waals surface area contributed by atoms with Gasteiger partial charge in [-0.05, 0) is 43.5 Å². The number of aliphatic hydroxyl groups is 1. The van der Waals surface area contributed by atoms with Gasteiger partial charge in [0.1, 0.15) is 0 Å². The zero-order valence-corrected chi connectivity index (χ0v) is 18.1. The number of carbonyl (C=O) groups excluding carboxylic acids is 2. The molecule has 2 saturated heterocycles. The quantitative estimate of drug-likeness (QED) is 0.716. The molecule has 0 bridgehead atoms. The summed E-state index contributed by atoms with van der Waals surface area (Å²) in [6.45, 7) is 4.37. The van der Waals surface area contributed by atoms with Crippen LogP contribution in [0.25, 0.3) is 6.08 Å². The average molecular weight is 440 g/mol. The molecule has 0 aliphatic carbocycles. The third-order valence-electron chi connectivity index (χ3n) is 5.76. The highest BCUT2D eigenvalue weighted by Crippen LogP contribution is 2.24. The van der Waals surface area contributed by atoms with Crippen molar-refractivity contribution in [1.29, 1.82) is 0 Å². The van der Waals surface area contributed by atoms with Crippen molar-refractivity contribution in [3.63, 3.8) is 0 Å². The smallest absolute Gasteiger partial charge is 0.246 e. The van der Waals surface area contributed by atoms with E-state index in [2.05, 4.69) is 4.90 Å². The van der Waals surface area contributed by atoms with E-state index < -0.39 is 0 Å². The third-order valence-corrected chi connectivity index (χ3v) is 6.50. The Morgan fingerprint density at radius 2 is 2.03 bits per heavy atom. The molecule has 2 atom stereocenters. The van der Waals surface area contributed by atoms with Gasteiger partial charge in [0.2, 0.25) is 11.8 Å². The fourth-order valence-electron chi connectivity index (χ4n) is 4.07. The maximum Gasteiger partial charge on any atom is 0.246 e. The standard InChI is InChI=1S/C21H27Cl2N3O3/c1-15(25-9-2-3-17(25)14-27)26-12-11-24(10-8-21(26)29)20(28)7-5-16-4-6-18(22)19(23)13-16/h4-7,13,15,17,27H,2-3,8-12,14H2,1H3/b7-5+/t15-,17-/m1/s1. The number of benzene rings is 1. The SMILES string of the molecule is C[C@@H](N1CCN(C(=O)/C=C/c2ccc(Cl)c(Cl)c2)CCC1=O)N1CCC[C@@H]1CO. The molecule has 8 heteroatoms. The first-order chi connectivity index (χ1) is 13.9. The first-order valence-electron chi connectivity index (χ1n) is 9.99. The van der Waals surface area contributed by atoms with Crippen LogP contribution in [0.15, 0.2) is 24.3 Å². The molecule has 1 N–H and O–H groups in total. The topological polar surface area (TPSA) is 64.1 Å². The van der Waals surface area contributed by atoms with Crippen LogP contribution in [0.3, 0.4) is 0 Å².